The van der Waals surface area contributed by atoms with Crippen LogP contribution < -0.4 is 0 Å². The summed E-state index contributed by atoms with van der Waals surface area (Å²) in [6.45, 7) is 66.3. The van der Waals surface area contributed by atoms with E-state index < -0.39 is 0 Å². The molecule has 0 aliphatic rings. The van der Waals surface area contributed by atoms with Gasteiger partial charge < -0.3 is 56.8 Å². The predicted octanol–water partition coefficient (Wildman–Crippen LogP) is 21.7. The largest absolute Gasteiger partial charge is 0.466 e. The maximum absolute atomic E-state index is 9.82. The lowest BCUT2D eigenvalue weighted by Gasteiger charge is -1.90. The molecule has 0 amide bonds. The average molecular weight is 1560 g/mol. The molecule has 24 nitrogen and oxygen atoms in total. The Bertz CT molecular complexity index is 1290. The Hall–Kier alpha value is -6.36. The molecule has 0 aromatic rings. The molecule has 0 fully saturated rings. The van der Waals surface area contributed by atoms with E-state index in [1.54, 1.807) is 83.1 Å². The molecule has 0 radical (unpaired) electrons. The predicted molar refractivity (Wildman–Crippen MR) is 440 cm³/mol. The van der Waals surface area contributed by atoms with Gasteiger partial charge in [-0.2, -0.15) is 0 Å². The highest BCUT2D eigenvalue weighted by Gasteiger charge is 1.90. The molecule has 652 valence electrons. The summed E-state index contributed by atoms with van der Waals surface area (Å²) in [6.07, 6.45) is 35.0. The average Bonchev–Trinajstić information content (AvgIpc) is 3.72. The standard InChI is InChI=1S/5C7H16.12C4H8O2/c5*1-3-5-7-6-4-2;12*1-3-6-4(2)5/h5*3-7H2,1-2H3;12*3H2,1-2H3. The number of hydrogen-bond acceptors (Lipinski definition) is 24. The molecule has 0 atom stereocenters. The van der Waals surface area contributed by atoms with Gasteiger partial charge in [0.25, 0.3) is 0 Å². The van der Waals surface area contributed by atoms with E-state index in [9.17, 15) is 57.5 Å². The summed E-state index contributed by atoms with van der Waals surface area (Å²) in [4.78, 5) is 118. The molecule has 0 aromatic carbocycles. The van der Waals surface area contributed by atoms with Crippen molar-refractivity contribution in [1.82, 2.24) is 0 Å². The van der Waals surface area contributed by atoms with E-state index >= 15 is 0 Å². The molecule has 0 saturated heterocycles. The Morgan fingerprint density at radius 1 is 0.121 bits per heavy atom. The monoisotopic (exact) mass is 1560 g/mol. The van der Waals surface area contributed by atoms with Crippen molar-refractivity contribution in [1.29, 1.82) is 0 Å². The molecule has 0 N–H and O–H groups in total. The van der Waals surface area contributed by atoms with Crippen molar-refractivity contribution >= 4 is 71.6 Å². The van der Waals surface area contributed by atoms with Gasteiger partial charge in [-0.05, 0) is 83.1 Å². The van der Waals surface area contributed by atoms with Crippen LogP contribution in [0.3, 0.4) is 0 Å². The van der Waals surface area contributed by atoms with Crippen LogP contribution in [0.2, 0.25) is 0 Å². The van der Waals surface area contributed by atoms with E-state index in [0.717, 1.165) is 0 Å². The summed E-state index contributed by atoms with van der Waals surface area (Å²) in [5.41, 5.74) is 0. The molecule has 107 heavy (non-hydrogen) atoms. The number of rotatable bonds is 32. The Kier molecular flexibility index (Phi) is 209. The van der Waals surface area contributed by atoms with Crippen LogP contribution in [0.4, 0.5) is 0 Å². The van der Waals surface area contributed by atoms with Crippen LogP contribution in [0, 0.1) is 0 Å². The number of carbonyl (C=O) groups excluding carboxylic acids is 12. The van der Waals surface area contributed by atoms with E-state index in [-0.39, 0.29) is 71.6 Å². The van der Waals surface area contributed by atoms with Gasteiger partial charge in [0, 0.05) is 83.1 Å². The highest BCUT2D eigenvalue weighted by molar-refractivity contribution is 5.68. The van der Waals surface area contributed by atoms with Gasteiger partial charge in [-0.15, -0.1) is 0 Å². The van der Waals surface area contributed by atoms with E-state index in [4.69, 9.17) is 0 Å². The zero-order valence-corrected chi connectivity index (χ0v) is 76.0. The normalized spacial score (nSPS) is 8.24. The van der Waals surface area contributed by atoms with Gasteiger partial charge in [0.05, 0.1) is 79.3 Å². The first-order valence-corrected chi connectivity index (χ1v) is 39.9. The second-order valence-corrected chi connectivity index (χ2v) is 21.4. The first kappa shape index (κ1) is 143. The molecule has 0 bridgehead atoms. The van der Waals surface area contributed by atoms with Gasteiger partial charge in [-0.1, -0.05) is 230 Å². The molecule has 0 aliphatic heterocycles. The Morgan fingerprint density at radius 2 is 0.178 bits per heavy atom. The van der Waals surface area contributed by atoms with Crippen LogP contribution in [0.1, 0.15) is 396 Å². The SMILES string of the molecule is CCCCCCC.CCCCCCC.CCCCCCC.CCCCCCC.CCCCCCC.CCOC(C)=O.CCOC(C)=O.CCOC(C)=O.CCOC(C)=O.CCOC(C)=O.CCOC(C)=O.CCOC(C)=O.CCOC(C)=O.CCOC(C)=O.CCOC(C)=O.CCOC(C)=O.CCOC(C)=O. The van der Waals surface area contributed by atoms with Gasteiger partial charge in [0.2, 0.25) is 0 Å². The zero-order valence-electron chi connectivity index (χ0n) is 76.0. The lowest BCUT2D eigenvalue weighted by atomic mass is 10.2. The molecular weight excluding hydrogens is 1380 g/mol. The van der Waals surface area contributed by atoms with Gasteiger partial charge in [0.15, 0.2) is 0 Å². The van der Waals surface area contributed by atoms with Crippen molar-refractivity contribution in [3.8, 4) is 0 Å². The molecule has 0 rings (SSSR count). The summed E-state index contributed by atoms with van der Waals surface area (Å²) < 4.78 is 52.8. The molecule has 0 spiro atoms. The molecule has 0 aromatic heterocycles. The minimum Gasteiger partial charge on any atom is -0.466 e. The van der Waals surface area contributed by atoms with E-state index in [2.05, 4.69) is 126 Å². The van der Waals surface area contributed by atoms with Crippen LogP contribution in [0.5, 0.6) is 0 Å². The minimum atomic E-state index is -0.211. The highest BCUT2D eigenvalue weighted by Crippen LogP contribution is 2.03. The summed E-state index contributed by atoms with van der Waals surface area (Å²) in [7, 11) is 0. The van der Waals surface area contributed by atoms with Crippen molar-refractivity contribution in [3.63, 3.8) is 0 Å². The second-order valence-electron chi connectivity index (χ2n) is 21.4. The summed E-state index contributed by atoms with van der Waals surface area (Å²) in [6, 6.07) is 0. The molecule has 24 heteroatoms. The number of hydrogen-bond donors (Lipinski definition) is 0. The van der Waals surface area contributed by atoms with Crippen molar-refractivity contribution in [2.75, 3.05) is 79.3 Å². The van der Waals surface area contributed by atoms with Crippen LogP contribution >= 0.6 is 0 Å². The van der Waals surface area contributed by atoms with Crippen molar-refractivity contribution in [3.05, 3.63) is 0 Å². The third-order valence-electron chi connectivity index (χ3n) is 10.2. The van der Waals surface area contributed by atoms with Crippen LogP contribution in [0.25, 0.3) is 0 Å². The van der Waals surface area contributed by atoms with Crippen molar-refractivity contribution < 1.29 is 114 Å². The lowest BCUT2D eigenvalue weighted by molar-refractivity contribution is -0.141. The Labute approximate surface area is 658 Å². The maximum Gasteiger partial charge on any atom is 0.302 e. The molecule has 0 saturated carbocycles. The van der Waals surface area contributed by atoms with Crippen molar-refractivity contribution in [2.24, 2.45) is 0 Å². The molecule has 0 heterocycles. The fraction of sp³-hybridized carbons (Fsp3) is 0.855. The third-order valence-corrected chi connectivity index (χ3v) is 10.2. The Balaban J connectivity index is -0.0000000536. The van der Waals surface area contributed by atoms with E-state index in [1.165, 1.54) is 244 Å². The van der Waals surface area contributed by atoms with Crippen LogP contribution in [-0.2, 0) is 114 Å². The Morgan fingerprint density at radius 3 is 0.196 bits per heavy atom. The first-order chi connectivity index (χ1) is 50.3. The first-order valence-electron chi connectivity index (χ1n) is 39.9. The summed E-state index contributed by atoms with van der Waals surface area (Å²) >= 11 is 0. The fourth-order valence-corrected chi connectivity index (χ4v) is 5.82. The molecular formula is C83H176O24. The van der Waals surface area contributed by atoms with E-state index in [1.807, 2.05) is 0 Å². The van der Waals surface area contributed by atoms with Gasteiger partial charge in [-0.3, -0.25) is 57.5 Å². The summed E-state index contributed by atoms with van der Waals surface area (Å²) in [5, 5.41) is 0. The minimum absolute atomic E-state index is 0.211. The summed E-state index contributed by atoms with van der Waals surface area (Å²) in [5.74, 6) is -2.53. The fourth-order valence-electron chi connectivity index (χ4n) is 5.82. The quantitative estimate of drug-likeness (QED) is 0.0343. The molecule has 0 unspecified atom stereocenters. The maximum atomic E-state index is 9.82. The molecule has 0 aliphatic carbocycles. The topological polar surface area (TPSA) is 316 Å². The van der Waals surface area contributed by atoms with Gasteiger partial charge in [0.1, 0.15) is 0 Å². The van der Waals surface area contributed by atoms with Crippen molar-refractivity contribution in [2.45, 2.75) is 396 Å². The van der Waals surface area contributed by atoms with Gasteiger partial charge in [-0.25, -0.2) is 0 Å². The third kappa shape index (κ3) is 386. The van der Waals surface area contributed by atoms with Crippen LogP contribution in [0.15, 0.2) is 0 Å². The number of carbonyl (C=O) groups is 12. The smallest absolute Gasteiger partial charge is 0.302 e. The number of ether oxygens (including phenoxy) is 12. The lowest BCUT2D eigenvalue weighted by Crippen LogP contribution is -1.95. The number of esters is 12. The van der Waals surface area contributed by atoms with Crippen LogP contribution in [-0.4, -0.2) is 151 Å². The number of unbranched alkanes of at least 4 members (excludes halogenated alkanes) is 20. The highest BCUT2D eigenvalue weighted by atomic mass is 16.6. The van der Waals surface area contributed by atoms with E-state index in [0.29, 0.717) is 79.3 Å². The zero-order chi connectivity index (χ0) is 87.6. The second kappa shape index (κ2) is 157. The van der Waals surface area contributed by atoms with Gasteiger partial charge >= 0.3 is 71.6 Å².